The van der Waals surface area contributed by atoms with Crippen molar-refractivity contribution >= 4 is 0 Å². The van der Waals surface area contributed by atoms with Crippen molar-refractivity contribution in [2.24, 2.45) is 0 Å². The molecule has 0 amide bonds. The fourth-order valence-corrected chi connectivity index (χ4v) is 3.45. The van der Waals surface area contributed by atoms with Gasteiger partial charge in [0.1, 0.15) is 13.2 Å². The summed E-state index contributed by atoms with van der Waals surface area (Å²) >= 11 is 0. The fraction of sp³-hybridized carbons (Fsp3) is 0.579. The number of fused-ring (bicyclic) bond motifs is 1. The van der Waals surface area contributed by atoms with E-state index in [0.29, 0.717) is 37.6 Å². The number of aromatic nitrogens is 2. The highest BCUT2D eigenvalue weighted by Crippen LogP contribution is 2.38. The molecule has 6 heteroatoms. The number of nitrogens with zero attached hydrogens (tertiary/aromatic N) is 3. The van der Waals surface area contributed by atoms with Crippen molar-refractivity contribution in [1.29, 1.82) is 0 Å². The lowest BCUT2D eigenvalue weighted by Crippen LogP contribution is -2.23. The van der Waals surface area contributed by atoms with E-state index in [-0.39, 0.29) is 5.41 Å². The summed E-state index contributed by atoms with van der Waals surface area (Å²) < 4.78 is 17.2. The van der Waals surface area contributed by atoms with Crippen LogP contribution in [0.1, 0.15) is 57.0 Å². The van der Waals surface area contributed by atoms with E-state index < -0.39 is 0 Å². The lowest BCUT2D eigenvalue weighted by atomic mass is 9.97. The maximum Gasteiger partial charge on any atom is 0.230 e. The van der Waals surface area contributed by atoms with Gasteiger partial charge in [0, 0.05) is 11.5 Å². The van der Waals surface area contributed by atoms with E-state index in [4.69, 9.17) is 13.9 Å². The molecule has 25 heavy (non-hydrogen) atoms. The lowest BCUT2D eigenvalue weighted by Gasteiger charge is -2.25. The van der Waals surface area contributed by atoms with Gasteiger partial charge in [-0.2, -0.15) is 0 Å². The van der Waals surface area contributed by atoms with Crippen LogP contribution in [-0.2, 0) is 12.0 Å². The zero-order valence-corrected chi connectivity index (χ0v) is 15.1. The SMILES string of the molecule is CC(C)(C)c1nnc(CN2CCCC2c2ccc3c(c2)OCCO3)o1. The maximum atomic E-state index is 5.88. The average Bonchev–Trinajstić information content (AvgIpc) is 3.24. The number of hydrogen-bond acceptors (Lipinski definition) is 6. The average molecular weight is 343 g/mol. The zero-order valence-electron chi connectivity index (χ0n) is 15.1. The van der Waals surface area contributed by atoms with Gasteiger partial charge >= 0.3 is 0 Å². The smallest absolute Gasteiger partial charge is 0.230 e. The van der Waals surface area contributed by atoms with Gasteiger partial charge < -0.3 is 13.9 Å². The third-order valence-electron chi connectivity index (χ3n) is 4.76. The highest BCUT2D eigenvalue weighted by molar-refractivity contribution is 5.44. The molecule has 2 aliphatic rings. The number of hydrogen-bond donors (Lipinski definition) is 0. The van der Waals surface area contributed by atoms with E-state index in [1.165, 1.54) is 12.0 Å². The first-order valence-electron chi connectivity index (χ1n) is 8.97. The number of rotatable bonds is 3. The Hall–Kier alpha value is -2.08. The monoisotopic (exact) mass is 343 g/mol. The van der Waals surface area contributed by atoms with Gasteiger partial charge in [0.25, 0.3) is 0 Å². The summed E-state index contributed by atoms with van der Waals surface area (Å²) in [6, 6.07) is 6.63. The summed E-state index contributed by atoms with van der Waals surface area (Å²) in [7, 11) is 0. The molecule has 134 valence electrons. The first-order valence-corrected chi connectivity index (χ1v) is 8.97. The van der Waals surface area contributed by atoms with Crippen LogP contribution in [0.3, 0.4) is 0 Å². The minimum atomic E-state index is -0.120. The van der Waals surface area contributed by atoms with Crippen molar-refractivity contribution in [3.8, 4) is 11.5 Å². The van der Waals surface area contributed by atoms with Crippen LogP contribution in [0.2, 0.25) is 0 Å². The second kappa shape index (κ2) is 6.33. The van der Waals surface area contributed by atoms with Crippen LogP contribution in [0.25, 0.3) is 0 Å². The highest BCUT2D eigenvalue weighted by atomic mass is 16.6. The normalized spacial score (nSPS) is 20.8. The molecule has 1 aromatic carbocycles. The van der Waals surface area contributed by atoms with E-state index in [0.717, 1.165) is 24.5 Å². The molecule has 1 saturated heterocycles. The minimum absolute atomic E-state index is 0.120. The second-order valence-electron chi connectivity index (χ2n) is 7.78. The van der Waals surface area contributed by atoms with Crippen LogP contribution in [0.5, 0.6) is 11.5 Å². The Morgan fingerprint density at radius 1 is 1.12 bits per heavy atom. The Kier molecular flexibility index (Phi) is 4.15. The van der Waals surface area contributed by atoms with Crippen LogP contribution >= 0.6 is 0 Å². The van der Waals surface area contributed by atoms with Gasteiger partial charge in [0.05, 0.1) is 6.54 Å². The van der Waals surface area contributed by atoms with Crippen molar-refractivity contribution < 1.29 is 13.9 Å². The molecule has 2 aliphatic heterocycles. The lowest BCUT2D eigenvalue weighted by molar-refractivity contribution is 0.170. The fourth-order valence-electron chi connectivity index (χ4n) is 3.45. The van der Waals surface area contributed by atoms with Crippen LogP contribution < -0.4 is 9.47 Å². The molecule has 0 spiro atoms. The van der Waals surface area contributed by atoms with E-state index in [2.05, 4.69) is 48.0 Å². The predicted molar refractivity (Wildman–Crippen MR) is 92.8 cm³/mol. The maximum absolute atomic E-state index is 5.88. The molecule has 0 saturated carbocycles. The molecule has 3 heterocycles. The van der Waals surface area contributed by atoms with E-state index in [1.807, 2.05) is 6.07 Å². The summed E-state index contributed by atoms with van der Waals surface area (Å²) in [5.74, 6) is 3.07. The number of ether oxygens (including phenoxy) is 2. The third kappa shape index (κ3) is 3.35. The van der Waals surface area contributed by atoms with Gasteiger partial charge in [0.2, 0.25) is 11.8 Å². The molecule has 0 aliphatic carbocycles. The Balaban J connectivity index is 1.52. The van der Waals surface area contributed by atoms with Crippen molar-refractivity contribution in [2.45, 2.75) is 51.6 Å². The predicted octanol–water partition coefficient (Wildman–Crippen LogP) is 3.48. The molecule has 6 nitrogen and oxygen atoms in total. The Morgan fingerprint density at radius 2 is 1.92 bits per heavy atom. The van der Waals surface area contributed by atoms with Crippen molar-refractivity contribution in [2.75, 3.05) is 19.8 Å². The highest BCUT2D eigenvalue weighted by Gasteiger charge is 2.29. The molecule has 0 N–H and O–H groups in total. The van der Waals surface area contributed by atoms with E-state index in [1.54, 1.807) is 0 Å². The van der Waals surface area contributed by atoms with Gasteiger partial charge in [-0.05, 0) is 37.1 Å². The summed E-state index contributed by atoms with van der Waals surface area (Å²) in [6.45, 7) is 9.19. The van der Waals surface area contributed by atoms with Crippen LogP contribution in [0.15, 0.2) is 22.6 Å². The molecule has 0 radical (unpaired) electrons. The van der Waals surface area contributed by atoms with Crippen LogP contribution in [0.4, 0.5) is 0 Å². The molecular formula is C19H25N3O3. The Labute approximate surface area is 148 Å². The standard InChI is InChI=1S/C19H25N3O3/c1-19(2,3)18-21-20-17(25-18)12-22-8-4-5-14(22)13-6-7-15-16(11-13)24-10-9-23-15/h6-7,11,14H,4-5,8-10,12H2,1-3H3. The minimum Gasteiger partial charge on any atom is -0.486 e. The van der Waals surface area contributed by atoms with Crippen molar-refractivity contribution in [3.63, 3.8) is 0 Å². The summed E-state index contributed by atoms with van der Waals surface area (Å²) in [4.78, 5) is 2.41. The quantitative estimate of drug-likeness (QED) is 0.850. The largest absolute Gasteiger partial charge is 0.486 e. The third-order valence-corrected chi connectivity index (χ3v) is 4.76. The van der Waals surface area contributed by atoms with Crippen LogP contribution in [-0.4, -0.2) is 34.9 Å². The zero-order chi connectivity index (χ0) is 17.4. The van der Waals surface area contributed by atoms with Gasteiger partial charge in [-0.3, -0.25) is 4.90 Å². The Morgan fingerprint density at radius 3 is 2.68 bits per heavy atom. The van der Waals surface area contributed by atoms with Gasteiger partial charge in [-0.25, -0.2) is 0 Å². The summed E-state index contributed by atoms with van der Waals surface area (Å²) in [5, 5.41) is 8.45. The topological polar surface area (TPSA) is 60.6 Å². The summed E-state index contributed by atoms with van der Waals surface area (Å²) in [5.41, 5.74) is 1.14. The first kappa shape index (κ1) is 16.4. The molecular weight excluding hydrogens is 318 g/mol. The molecule has 1 aromatic heterocycles. The molecule has 0 bridgehead atoms. The van der Waals surface area contributed by atoms with E-state index in [9.17, 15) is 0 Å². The first-order chi connectivity index (χ1) is 12.0. The molecule has 1 unspecified atom stereocenters. The van der Waals surface area contributed by atoms with Crippen molar-refractivity contribution in [1.82, 2.24) is 15.1 Å². The van der Waals surface area contributed by atoms with Gasteiger partial charge in [-0.15, -0.1) is 10.2 Å². The molecule has 2 aromatic rings. The summed E-state index contributed by atoms with van der Waals surface area (Å²) in [6.07, 6.45) is 2.29. The van der Waals surface area contributed by atoms with Gasteiger partial charge in [0.15, 0.2) is 11.5 Å². The second-order valence-corrected chi connectivity index (χ2v) is 7.78. The van der Waals surface area contributed by atoms with E-state index >= 15 is 0 Å². The number of likely N-dealkylation sites (tertiary alicyclic amines) is 1. The van der Waals surface area contributed by atoms with Gasteiger partial charge in [-0.1, -0.05) is 26.8 Å². The molecule has 1 atom stereocenters. The number of benzene rings is 1. The van der Waals surface area contributed by atoms with Crippen LogP contribution in [0, 0.1) is 0 Å². The molecule has 4 rings (SSSR count). The Bertz CT molecular complexity index is 751. The molecule has 1 fully saturated rings. The van der Waals surface area contributed by atoms with Crippen molar-refractivity contribution in [3.05, 3.63) is 35.5 Å².